The highest BCUT2D eigenvalue weighted by Gasteiger charge is 2.19. The van der Waals surface area contributed by atoms with Gasteiger partial charge in [0.15, 0.2) is 0 Å². The Bertz CT molecular complexity index is 368. The first-order valence-electron chi connectivity index (χ1n) is 7.11. The van der Waals surface area contributed by atoms with Crippen LogP contribution in [-0.4, -0.2) is 29.5 Å². The summed E-state index contributed by atoms with van der Waals surface area (Å²) in [6.07, 6.45) is 5.41. The van der Waals surface area contributed by atoms with Crippen LogP contribution in [0.25, 0.3) is 0 Å². The Morgan fingerprint density at radius 2 is 2.16 bits per heavy atom. The molecular formula is C14H26BrN3O. The summed E-state index contributed by atoms with van der Waals surface area (Å²) < 4.78 is 8.50. The predicted molar refractivity (Wildman–Crippen MR) is 82.3 cm³/mol. The van der Waals surface area contributed by atoms with E-state index in [1.165, 1.54) is 5.69 Å². The molecule has 0 saturated carbocycles. The Morgan fingerprint density at radius 3 is 2.74 bits per heavy atom. The normalized spacial score (nSPS) is 14.6. The number of rotatable bonds is 9. The van der Waals surface area contributed by atoms with Crippen LogP contribution in [0.2, 0.25) is 0 Å². The maximum absolute atomic E-state index is 5.35. The number of nitrogens with zero attached hydrogens (tertiary/aromatic N) is 2. The fraction of sp³-hybridized carbons (Fsp3) is 0.786. The number of hydrogen-bond acceptors (Lipinski definition) is 3. The molecule has 4 nitrogen and oxygen atoms in total. The monoisotopic (exact) mass is 331 g/mol. The maximum atomic E-state index is 5.35. The third-order valence-electron chi connectivity index (χ3n) is 3.37. The summed E-state index contributed by atoms with van der Waals surface area (Å²) in [7, 11) is 1.77. The Morgan fingerprint density at radius 1 is 1.42 bits per heavy atom. The molecule has 0 bridgehead atoms. The van der Waals surface area contributed by atoms with Crippen molar-refractivity contribution < 1.29 is 4.74 Å². The summed E-state index contributed by atoms with van der Waals surface area (Å²) in [4.78, 5) is 0. The molecule has 1 aromatic heterocycles. The molecule has 0 saturated heterocycles. The van der Waals surface area contributed by atoms with E-state index in [0.717, 1.165) is 36.8 Å². The molecule has 0 aliphatic heterocycles. The Kier molecular flexibility index (Phi) is 7.64. The Balaban J connectivity index is 2.79. The van der Waals surface area contributed by atoms with Crippen molar-refractivity contribution in [2.45, 2.75) is 58.7 Å². The van der Waals surface area contributed by atoms with Crippen LogP contribution in [0.4, 0.5) is 0 Å². The number of methoxy groups -OCH3 is 1. The molecule has 0 aliphatic carbocycles. The van der Waals surface area contributed by atoms with Gasteiger partial charge in [0.05, 0.1) is 28.5 Å². The van der Waals surface area contributed by atoms with Gasteiger partial charge in [0.25, 0.3) is 0 Å². The van der Waals surface area contributed by atoms with Gasteiger partial charge in [-0.2, -0.15) is 5.10 Å². The van der Waals surface area contributed by atoms with Crippen molar-refractivity contribution in [3.8, 4) is 0 Å². The average molecular weight is 332 g/mol. The molecule has 19 heavy (non-hydrogen) atoms. The average Bonchev–Trinajstić information content (AvgIpc) is 2.80. The number of aromatic nitrogens is 2. The van der Waals surface area contributed by atoms with E-state index in [4.69, 9.17) is 4.74 Å². The molecule has 0 amide bonds. The van der Waals surface area contributed by atoms with Crippen LogP contribution in [0.1, 0.15) is 51.8 Å². The summed E-state index contributed by atoms with van der Waals surface area (Å²) in [5.74, 6) is 0. The molecule has 2 unspecified atom stereocenters. The molecule has 1 rings (SSSR count). The van der Waals surface area contributed by atoms with Crippen molar-refractivity contribution in [1.29, 1.82) is 0 Å². The molecule has 0 aliphatic rings. The number of hydrogen-bond donors (Lipinski definition) is 1. The molecule has 1 heterocycles. The molecule has 0 radical (unpaired) electrons. The van der Waals surface area contributed by atoms with Crippen LogP contribution in [0.3, 0.4) is 0 Å². The largest absolute Gasteiger partial charge is 0.382 e. The van der Waals surface area contributed by atoms with Crippen LogP contribution in [0.15, 0.2) is 10.7 Å². The first kappa shape index (κ1) is 16.7. The Labute approximate surface area is 125 Å². The summed E-state index contributed by atoms with van der Waals surface area (Å²) in [6, 6.07) is 0.328. The highest BCUT2D eigenvalue weighted by molar-refractivity contribution is 9.10. The van der Waals surface area contributed by atoms with Gasteiger partial charge in [0.1, 0.15) is 0 Å². The van der Waals surface area contributed by atoms with Crippen LogP contribution in [0.5, 0.6) is 0 Å². The lowest BCUT2D eigenvalue weighted by molar-refractivity contribution is 0.105. The van der Waals surface area contributed by atoms with Gasteiger partial charge >= 0.3 is 0 Å². The van der Waals surface area contributed by atoms with Gasteiger partial charge < -0.3 is 10.1 Å². The van der Waals surface area contributed by atoms with Crippen molar-refractivity contribution >= 4 is 15.9 Å². The standard InChI is InChI=1S/C14H26BrN3O/c1-5-9-16-13(8-7-11(3)19-4)14-12(15)10-17-18(14)6-2/h10-11,13,16H,5-9H2,1-4H3. The first-order valence-corrected chi connectivity index (χ1v) is 7.90. The maximum Gasteiger partial charge on any atom is 0.0695 e. The molecule has 5 heteroatoms. The minimum Gasteiger partial charge on any atom is -0.382 e. The van der Waals surface area contributed by atoms with Crippen molar-refractivity contribution in [3.05, 3.63) is 16.4 Å². The van der Waals surface area contributed by atoms with Gasteiger partial charge in [-0.15, -0.1) is 0 Å². The van der Waals surface area contributed by atoms with E-state index >= 15 is 0 Å². The first-order chi connectivity index (χ1) is 9.13. The van der Waals surface area contributed by atoms with Gasteiger partial charge in [0, 0.05) is 13.7 Å². The van der Waals surface area contributed by atoms with Crippen molar-refractivity contribution in [2.24, 2.45) is 0 Å². The van der Waals surface area contributed by atoms with Gasteiger partial charge in [-0.1, -0.05) is 6.92 Å². The van der Waals surface area contributed by atoms with Crippen molar-refractivity contribution in [2.75, 3.05) is 13.7 Å². The van der Waals surface area contributed by atoms with Gasteiger partial charge in [-0.25, -0.2) is 0 Å². The van der Waals surface area contributed by atoms with E-state index < -0.39 is 0 Å². The third-order valence-corrected chi connectivity index (χ3v) is 3.98. The second-order valence-corrected chi connectivity index (χ2v) is 5.68. The zero-order chi connectivity index (χ0) is 14.3. The van der Waals surface area contributed by atoms with Gasteiger partial charge in [-0.3, -0.25) is 4.68 Å². The highest BCUT2D eigenvalue weighted by atomic mass is 79.9. The fourth-order valence-electron chi connectivity index (χ4n) is 2.14. The summed E-state index contributed by atoms with van der Waals surface area (Å²) >= 11 is 3.62. The van der Waals surface area contributed by atoms with Gasteiger partial charge in [0.2, 0.25) is 0 Å². The molecule has 1 N–H and O–H groups in total. The quantitative estimate of drug-likeness (QED) is 0.752. The van der Waals surface area contributed by atoms with E-state index in [0.29, 0.717) is 12.1 Å². The lowest BCUT2D eigenvalue weighted by atomic mass is 10.1. The number of nitrogens with one attached hydrogen (secondary N) is 1. The minimum absolute atomic E-state index is 0.294. The van der Waals surface area contributed by atoms with Crippen molar-refractivity contribution in [1.82, 2.24) is 15.1 Å². The number of halogens is 1. The van der Waals surface area contributed by atoms with Crippen LogP contribution < -0.4 is 5.32 Å². The third kappa shape index (κ3) is 4.89. The second-order valence-electron chi connectivity index (χ2n) is 4.82. The minimum atomic E-state index is 0.294. The lowest BCUT2D eigenvalue weighted by Gasteiger charge is -2.21. The molecule has 110 valence electrons. The molecule has 1 aromatic rings. The zero-order valence-electron chi connectivity index (χ0n) is 12.4. The molecular weight excluding hydrogens is 306 g/mol. The second kappa shape index (κ2) is 8.72. The summed E-state index contributed by atoms with van der Waals surface area (Å²) in [5.41, 5.74) is 1.25. The topological polar surface area (TPSA) is 39.1 Å². The van der Waals surface area contributed by atoms with E-state index in [1.807, 2.05) is 6.20 Å². The van der Waals surface area contributed by atoms with E-state index in [-0.39, 0.29) is 0 Å². The van der Waals surface area contributed by atoms with E-state index in [9.17, 15) is 0 Å². The number of ether oxygens (including phenoxy) is 1. The predicted octanol–water partition coefficient (Wildman–Crippen LogP) is 3.52. The summed E-state index contributed by atoms with van der Waals surface area (Å²) in [6.45, 7) is 8.34. The molecule has 0 fully saturated rings. The molecule has 2 atom stereocenters. The lowest BCUT2D eigenvalue weighted by Crippen LogP contribution is -2.26. The number of aryl methyl sites for hydroxylation is 1. The van der Waals surface area contributed by atoms with Crippen LogP contribution in [-0.2, 0) is 11.3 Å². The SMILES string of the molecule is CCCNC(CCC(C)OC)c1c(Br)cnn1CC. The van der Waals surface area contributed by atoms with Crippen molar-refractivity contribution in [3.63, 3.8) is 0 Å². The smallest absolute Gasteiger partial charge is 0.0695 e. The van der Waals surface area contributed by atoms with E-state index in [2.05, 4.69) is 51.8 Å². The van der Waals surface area contributed by atoms with Crippen LogP contribution in [0, 0.1) is 0 Å². The molecule has 0 aromatic carbocycles. The highest BCUT2D eigenvalue weighted by Crippen LogP contribution is 2.27. The van der Waals surface area contributed by atoms with Gasteiger partial charge in [-0.05, 0) is 55.6 Å². The van der Waals surface area contributed by atoms with Crippen LogP contribution >= 0.6 is 15.9 Å². The zero-order valence-corrected chi connectivity index (χ0v) is 14.0. The summed E-state index contributed by atoms with van der Waals surface area (Å²) in [5, 5.41) is 8.03. The Hall–Kier alpha value is -0.390. The fourth-order valence-corrected chi connectivity index (χ4v) is 2.72. The molecule has 0 spiro atoms. The van der Waals surface area contributed by atoms with E-state index in [1.54, 1.807) is 7.11 Å².